The summed E-state index contributed by atoms with van der Waals surface area (Å²) in [6, 6.07) is 11.8. The highest BCUT2D eigenvalue weighted by Gasteiger charge is 2.20. The second-order valence-corrected chi connectivity index (χ2v) is 5.21. The zero-order valence-corrected chi connectivity index (χ0v) is 12.7. The summed E-state index contributed by atoms with van der Waals surface area (Å²) >= 11 is 0. The van der Waals surface area contributed by atoms with Crippen LogP contribution in [0.4, 0.5) is 0 Å². The van der Waals surface area contributed by atoms with E-state index in [1.165, 1.54) is 12.1 Å². The van der Waals surface area contributed by atoms with Crippen LogP contribution in [0, 0.1) is 6.92 Å². The van der Waals surface area contributed by atoms with Crippen molar-refractivity contribution in [3.63, 3.8) is 0 Å². The van der Waals surface area contributed by atoms with Gasteiger partial charge in [-0.1, -0.05) is 0 Å². The molecule has 0 unspecified atom stereocenters. The molecule has 0 fully saturated rings. The summed E-state index contributed by atoms with van der Waals surface area (Å²) < 4.78 is 6.94. The number of benzene rings is 2. The third-order valence-electron chi connectivity index (χ3n) is 3.85. The molecule has 1 N–H and O–H groups in total. The van der Waals surface area contributed by atoms with Crippen molar-refractivity contribution in [3.05, 3.63) is 70.1 Å². The molecule has 1 aliphatic carbocycles. The van der Waals surface area contributed by atoms with Gasteiger partial charge in [0.15, 0.2) is 5.43 Å². The summed E-state index contributed by atoms with van der Waals surface area (Å²) in [5.41, 5.74) is 2.45. The van der Waals surface area contributed by atoms with Gasteiger partial charge in [-0.05, 0) is 55.0 Å². The van der Waals surface area contributed by atoms with Crippen molar-refractivity contribution in [1.82, 2.24) is 4.57 Å². The van der Waals surface area contributed by atoms with E-state index in [0.29, 0.717) is 16.8 Å². The lowest BCUT2D eigenvalue weighted by Crippen LogP contribution is -2.13. The van der Waals surface area contributed by atoms with Gasteiger partial charge >= 0.3 is 5.97 Å². The Bertz CT molecular complexity index is 909. The number of fused-ring (bicyclic) bond motifs is 1. The Morgan fingerprint density at radius 2 is 1.83 bits per heavy atom. The number of carboxylic acid groups (broad SMARTS) is 1. The number of rotatable bonds is 3. The number of aromatic carboxylic acids is 1. The maximum Gasteiger partial charge on any atom is 0.338 e. The third-order valence-corrected chi connectivity index (χ3v) is 3.85. The highest BCUT2D eigenvalue weighted by molar-refractivity contribution is 5.97. The zero-order valence-electron chi connectivity index (χ0n) is 12.7. The lowest BCUT2D eigenvalue weighted by molar-refractivity contribution is 0.0696. The number of carbonyl (C=O) groups is 1. The largest absolute Gasteiger partial charge is 0.497 e. The molecule has 1 aromatic carbocycles. The van der Waals surface area contributed by atoms with E-state index in [-0.39, 0.29) is 11.0 Å². The molecule has 0 radical (unpaired) electrons. The maximum absolute atomic E-state index is 11.7. The second kappa shape index (κ2) is 5.61. The number of pyridine rings is 1. The molecule has 116 valence electrons. The molecular weight excluding hydrogens is 294 g/mol. The molecule has 0 saturated heterocycles. The van der Waals surface area contributed by atoms with Crippen LogP contribution < -0.4 is 10.2 Å². The van der Waals surface area contributed by atoms with Crippen LogP contribution >= 0.6 is 0 Å². The molecular formula is C18H15NO4. The van der Waals surface area contributed by atoms with E-state index in [1.54, 1.807) is 24.7 Å². The SMILES string of the molecule is COc1ccc(-n2cc3ccc(=O)cc-3c(C(=O)O)c2C)cc1. The first kappa shape index (κ1) is 14.8. The molecule has 1 heterocycles. The van der Waals surface area contributed by atoms with Crippen molar-refractivity contribution >= 4 is 5.97 Å². The number of aromatic nitrogens is 1. The van der Waals surface area contributed by atoms with Crippen LogP contribution in [0.15, 0.2) is 53.5 Å². The van der Waals surface area contributed by atoms with Gasteiger partial charge in [-0.2, -0.15) is 0 Å². The van der Waals surface area contributed by atoms with Crippen LogP contribution in [-0.4, -0.2) is 22.8 Å². The predicted octanol–water partition coefficient (Wildman–Crippen LogP) is 2.96. The fourth-order valence-corrected chi connectivity index (χ4v) is 2.70. The van der Waals surface area contributed by atoms with E-state index in [1.807, 2.05) is 30.5 Å². The van der Waals surface area contributed by atoms with Crippen molar-refractivity contribution in [3.8, 4) is 22.6 Å². The molecule has 0 aromatic heterocycles. The van der Waals surface area contributed by atoms with Gasteiger partial charge in [0, 0.05) is 23.1 Å². The van der Waals surface area contributed by atoms with Gasteiger partial charge in [-0.15, -0.1) is 0 Å². The highest BCUT2D eigenvalue weighted by Crippen LogP contribution is 2.29. The quantitative estimate of drug-likeness (QED) is 0.807. The van der Waals surface area contributed by atoms with E-state index in [2.05, 4.69) is 0 Å². The standard InChI is InChI=1S/C18H15NO4/c1-11-17(18(21)22)16-9-14(20)6-3-12(16)10-19(11)13-4-7-15(23-2)8-5-13/h3-10H,1-2H3,(H,21,22). The first-order chi connectivity index (χ1) is 11.0. The average molecular weight is 309 g/mol. The molecule has 5 heteroatoms. The number of carboxylic acids is 1. The van der Waals surface area contributed by atoms with Crippen LogP contribution in [0.1, 0.15) is 16.1 Å². The summed E-state index contributed by atoms with van der Waals surface area (Å²) in [4.78, 5) is 23.3. The summed E-state index contributed by atoms with van der Waals surface area (Å²) in [5.74, 6) is -0.330. The van der Waals surface area contributed by atoms with E-state index in [9.17, 15) is 14.7 Å². The van der Waals surface area contributed by atoms with E-state index in [4.69, 9.17) is 4.74 Å². The molecule has 0 bridgehead atoms. The third kappa shape index (κ3) is 2.57. The molecule has 23 heavy (non-hydrogen) atoms. The molecule has 1 aliphatic heterocycles. The van der Waals surface area contributed by atoms with Crippen molar-refractivity contribution in [1.29, 1.82) is 0 Å². The van der Waals surface area contributed by atoms with Crippen LogP contribution in [0.3, 0.4) is 0 Å². The Morgan fingerprint density at radius 3 is 2.43 bits per heavy atom. The van der Waals surface area contributed by atoms with Crippen LogP contribution in [-0.2, 0) is 0 Å². The number of hydrogen-bond donors (Lipinski definition) is 1. The van der Waals surface area contributed by atoms with Gasteiger partial charge in [0.1, 0.15) is 5.75 Å². The van der Waals surface area contributed by atoms with Crippen LogP contribution in [0.25, 0.3) is 16.8 Å². The lowest BCUT2D eigenvalue weighted by Gasteiger charge is -2.19. The normalized spacial score (nSPS) is 10.7. The minimum absolute atomic E-state index is 0.135. The van der Waals surface area contributed by atoms with Gasteiger partial charge < -0.3 is 14.4 Å². The number of ether oxygens (including phenoxy) is 1. The summed E-state index contributed by atoms with van der Waals surface area (Å²) in [7, 11) is 1.59. The molecule has 0 amide bonds. The van der Waals surface area contributed by atoms with Crippen molar-refractivity contribution in [2.75, 3.05) is 7.11 Å². The Labute approximate surface area is 132 Å². The first-order valence-corrected chi connectivity index (χ1v) is 7.05. The summed E-state index contributed by atoms with van der Waals surface area (Å²) in [6.07, 6.45) is 1.83. The van der Waals surface area contributed by atoms with Gasteiger partial charge in [0.25, 0.3) is 0 Å². The Hall–Kier alpha value is -3.08. The monoisotopic (exact) mass is 309 g/mol. The summed E-state index contributed by atoms with van der Waals surface area (Å²) in [5, 5.41) is 9.57. The minimum Gasteiger partial charge on any atom is -0.497 e. The molecule has 0 saturated carbocycles. The Balaban J connectivity index is 2.31. The Morgan fingerprint density at radius 1 is 1.13 bits per heavy atom. The summed E-state index contributed by atoms with van der Waals surface area (Å²) in [6.45, 7) is 1.73. The fourth-order valence-electron chi connectivity index (χ4n) is 2.70. The molecule has 0 spiro atoms. The van der Waals surface area contributed by atoms with E-state index < -0.39 is 5.97 Å². The van der Waals surface area contributed by atoms with Crippen molar-refractivity contribution < 1.29 is 14.6 Å². The maximum atomic E-state index is 11.7. The van der Waals surface area contributed by atoms with Gasteiger partial charge in [-0.3, -0.25) is 4.79 Å². The molecule has 5 nitrogen and oxygen atoms in total. The minimum atomic E-state index is -1.05. The number of hydrogen-bond acceptors (Lipinski definition) is 3. The van der Waals surface area contributed by atoms with Gasteiger partial charge in [-0.25, -0.2) is 4.79 Å². The average Bonchev–Trinajstić information content (AvgIpc) is 2.54. The van der Waals surface area contributed by atoms with Gasteiger partial charge in [0.05, 0.1) is 12.7 Å². The Kier molecular flexibility index (Phi) is 3.62. The molecule has 2 aliphatic rings. The van der Waals surface area contributed by atoms with E-state index in [0.717, 1.165) is 11.4 Å². The smallest absolute Gasteiger partial charge is 0.338 e. The molecule has 0 atom stereocenters. The molecule has 1 aromatic rings. The van der Waals surface area contributed by atoms with Crippen molar-refractivity contribution in [2.24, 2.45) is 0 Å². The van der Waals surface area contributed by atoms with Crippen LogP contribution in [0.5, 0.6) is 5.75 Å². The predicted molar refractivity (Wildman–Crippen MR) is 86.9 cm³/mol. The van der Waals surface area contributed by atoms with E-state index >= 15 is 0 Å². The first-order valence-electron chi connectivity index (χ1n) is 7.05. The second-order valence-electron chi connectivity index (χ2n) is 5.21. The number of nitrogens with zero attached hydrogens (tertiary/aromatic N) is 1. The molecule has 3 rings (SSSR count). The highest BCUT2D eigenvalue weighted by atomic mass is 16.5. The number of methoxy groups -OCH3 is 1. The van der Waals surface area contributed by atoms with Crippen LogP contribution in [0.2, 0.25) is 0 Å². The van der Waals surface area contributed by atoms with Gasteiger partial charge in [0.2, 0.25) is 0 Å². The zero-order chi connectivity index (χ0) is 16.6. The van der Waals surface area contributed by atoms with Crippen molar-refractivity contribution in [2.45, 2.75) is 6.92 Å². The topological polar surface area (TPSA) is 68.5 Å². The fraction of sp³-hybridized carbons (Fsp3) is 0.111. The lowest BCUT2D eigenvalue weighted by atomic mass is 9.97.